The molecule has 18 heavy (non-hydrogen) atoms. The van der Waals surface area contributed by atoms with E-state index in [0.717, 1.165) is 12.2 Å². The van der Waals surface area contributed by atoms with Gasteiger partial charge in [0.1, 0.15) is 0 Å². The lowest BCUT2D eigenvalue weighted by atomic mass is 10.0. The standard InChI is InChI=1S/C15H17NO2/c1-10-5-4-6-11(2)14(10)9-16-8-7-13(12(16)3)15(17)18/h4-8H,9H2,1-3H3,(H,17,18). The van der Waals surface area contributed by atoms with Crippen molar-refractivity contribution in [2.45, 2.75) is 27.3 Å². The lowest BCUT2D eigenvalue weighted by molar-refractivity contribution is 0.0696. The average Bonchev–Trinajstić information content (AvgIpc) is 2.66. The van der Waals surface area contributed by atoms with Crippen LogP contribution in [0.25, 0.3) is 0 Å². The van der Waals surface area contributed by atoms with Crippen molar-refractivity contribution in [3.05, 3.63) is 58.4 Å². The van der Waals surface area contributed by atoms with Crippen LogP contribution in [-0.4, -0.2) is 15.6 Å². The Hall–Kier alpha value is -2.03. The molecule has 0 fully saturated rings. The highest BCUT2D eigenvalue weighted by Crippen LogP contribution is 2.18. The first kappa shape index (κ1) is 12.4. The van der Waals surface area contributed by atoms with Gasteiger partial charge < -0.3 is 9.67 Å². The molecule has 1 aromatic heterocycles. The van der Waals surface area contributed by atoms with Gasteiger partial charge in [0.15, 0.2) is 0 Å². The molecule has 0 unspecified atom stereocenters. The summed E-state index contributed by atoms with van der Waals surface area (Å²) in [5, 5.41) is 9.04. The lowest BCUT2D eigenvalue weighted by Gasteiger charge is -2.12. The predicted molar refractivity (Wildman–Crippen MR) is 71.1 cm³/mol. The summed E-state index contributed by atoms with van der Waals surface area (Å²) in [5.41, 5.74) is 4.90. The number of benzene rings is 1. The zero-order valence-electron chi connectivity index (χ0n) is 10.9. The molecule has 94 valence electrons. The third-order valence-electron chi connectivity index (χ3n) is 3.45. The maximum absolute atomic E-state index is 11.0. The average molecular weight is 243 g/mol. The molecule has 0 aliphatic rings. The first-order chi connectivity index (χ1) is 8.50. The number of aromatic nitrogens is 1. The number of aryl methyl sites for hydroxylation is 2. The van der Waals surface area contributed by atoms with Gasteiger partial charge in [-0.1, -0.05) is 18.2 Å². The Balaban J connectivity index is 2.38. The first-order valence-corrected chi connectivity index (χ1v) is 5.95. The molecular weight excluding hydrogens is 226 g/mol. The van der Waals surface area contributed by atoms with Gasteiger partial charge in [-0.3, -0.25) is 0 Å². The predicted octanol–water partition coefficient (Wildman–Crippen LogP) is 3.16. The van der Waals surface area contributed by atoms with Gasteiger partial charge >= 0.3 is 5.97 Å². The normalized spacial score (nSPS) is 10.6. The number of carboxylic acids is 1. The topological polar surface area (TPSA) is 42.2 Å². The van der Waals surface area contributed by atoms with E-state index in [9.17, 15) is 4.79 Å². The van der Waals surface area contributed by atoms with Crippen LogP contribution in [0, 0.1) is 20.8 Å². The molecule has 0 radical (unpaired) electrons. The van der Waals surface area contributed by atoms with Crippen molar-refractivity contribution in [2.24, 2.45) is 0 Å². The smallest absolute Gasteiger partial charge is 0.337 e. The number of nitrogens with zero attached hydrogens (tertiary/aromatic N) is 1. The minimum Gasteiger partial charge on any atom is -0.478 e. The van der Waals surface area contributed by atoms with Crippen molar-refractivity contribution in [1.29, 1.82) is 0 Å². The maximum Gasteiger partial charge on any atom is 0.337 e. The first-order valence-electron chi connectivity index (χ1n) is 5.95. The van der Waals surface area contributed by atoms with E-state index >= 15 is 0 Å². The van der Waals surface area contributed by atoms with Crippen LogP contribution in [0.4, 0.5) is 0 Å². The Labute approximate surface area is 107 Å². The van der Waals surface area contributed by atoms with E-state index in [1.54, 1.807) is 6.07 Å². The van der Waals surface area contributed by atoms with E-state index in [0.29, 0.717) is 5.56 Å². The van der Waals surface area contributed by atoms with Crippen LogP contribution in [0.15, 0.2) is 30.5 Å². The van der Waals surface area contributed by atoms with Crippen LogP contribution in [0.1, 0.15) is 32.7 Å². The zero-order chi connectivity index (χ0) is 13.3. The molecule has 2 rings (SSSR count). The molecule has 1 N–H and O–H groups in total. The van der Waals surface area contributed by atoms with Crippen molar-refractivity contribution < 1.29 is 9.90 Å². The van der Waals surface area contributed by atoms with E-state index in [1.807, 2.05) is 23.8 Å². The summed E-state index contributed by atoms with van der Waals surface area (Å²) in [5.74, 6) is -0.868. The SMILES string of the molecule is Cc1cccc(C)c1Cn1ccc(C(=O)O)c1C. The fraction of sp³-hybridized carbons (Fsp3) is 0.267. The van der Waals surface area contributed by atoms with Crippen molar-refractivity contribution >= 4 is 5.97 Å². The molecule has 2 aromatic rings. The van der Waals surface area contributed by atoms with Crippen LogP contribution in [0.2, 0.25) is 0 Å². The fourth-order valence-electron chi connectivity index (χ4n) is 2.22. The van der Waals surface area contributed by atoms with E-state index in [-0.39, 0.29) is 0 Å². The molecule has 3 heteroatoms. The Morgan fingerprint density at radius 3 is 2.28 bits per heavy atom. The molecule has 0 aliphatic carbocycles. The second kappa shape index (κ2) is 4.69. The quantitative estimate of drug-likeness (QED) is 0.899. The maximum atomic E-state index is 11.0. The van der Waals surface area contributed by atoms with Gasteiger partial charge in [-0.2, -0.15) is 0 Å². The van der Waals surface area contributed by atoms with E-state index in [1.165, 1.54) is 16.7 Å². The summed E-state index contributed by atoms with van der Waals surface area (Å²) in [6.45, 7) is 6.73. The van der Waals surface area contributed by atoms with Gasteiger partial charge in [0.05, 0.1) is 5.56 Å². The van der Waals surface area contributed by atoms with Crippen LogP contribution >= 0.6 is 0 Å². The Bertz CT molecular complexity index is 576. The van der Waals surface area contributed by atoms with Gasteiger partial charge in [0.25, 0.3) is 0 Å². The largest absolute Gasteiger partial charge is 0.478 e. The van der Waals surface area contributed by atoms with E-state index in [4.69, 9.17) is 5.11 Å². The van der Waals surface area contributed by atoms with Gasteiger partial charge in [0, 0.05) is 18.4 Å². The minimum absolute atomic E-state index is 0.376. The van der Waals surface area contributed by atoms with Gasteiger partial charge in [-0.25, -0.2) is 4.79 Å². The van der Waals surface area contributed by atoms with Crippen molar-refractivity contribution in [3.8, 4) is 0 Å². The van der Waals surface area contributed by atoms with Crippen molar-refractivity contribution in [3.63, 3.8) is 0 Å². The third kappa shape index (κ3) is 2.16. The summed E-state index contributed by atoms with van der Waals surface area (Å²) in [6.07, 6.45) is 1.84. The highest BCUT2D eigenvalue weighted by atomic mass is 16.4. The van der Waals surface area contributed by atoms with Crippen molar-refractivity contribution in [1.82, 2.24) is 4.57 Å². The number of rotatable bonds is 3. The molecule has 0 atom stereocenters. The summed E-state index contributed by atoms with van der Waals surface area (Å²) >= 11 is 0. The second-order valence-corrected chi connectivity index (χ2v) is 4.62. The van der Waals surface area contributed by atoms with E-state index in [2.05, 4.69) is 26.0 Å². The van der Waals surface area contributed by atoms with E-state index < -0.39 is 5.97 Å². The van der Waals surface area contributed by atoms with Gasteiger partial charge in [-0.05, 0) is 43.5 Å². The van der Waals surface area contributed by atoms with Crippen LogP contribution in [0.3, 0.4) is 0 Å². The summed E-state index contributed by atoms with van der Waals surface area (Å²) in [6, 6.07) is 7.86. The molecule has 0 aliphatic heterocycles. The number of carbonyl (C=O) groups is 1. The molecule has 0 saturated heterocycles. The number of hydrogen-bond acceptors (Lipinski definition) is 1. The zero-order valence-corrected chi connectivity index (χ0v) is 10.9. The molecule has 0 saturated carbocycles. The second-order valence-electron chi connectivity index (χ2n) is 4.62. The highest BCUT2D eigenvalue weighted by molar-refractivity contribution is 5.88. The van der Waals surface area contributed by atoms with Crippen molar-refractivity contribution in [2.75, 3.05) is 0 Å². The monoisotopic (exact) mass is 243 g/mol. The Kier molecular flexibility index (Phi) is 3.24. The number of carboxylic acid groups (broad SMARTS) is 1. The van der Waals surface area contributed by atoms with Crippen LogP contribution in [-0.2, 0) is 6.54 Å². The summed E-state index contributed by atoms with van der Waals surface area (Å²) in [7, 11) is 0. The molecule has 0 amide bonds. The third-order valence-corrected chi connectivity index (χ3v) is 3.45. The molecule has 3 nitrogen and oxygen atoms in total. The molecule has 1 aromatic carbocycles. The molecule has 0 spiro atoms. The van der Waals surface area contributed by atoms with Crippen LogP contribution in [0.5, 0.6) is 0 Å². The molecule has 1 heterocycles. The number of hydrogen-bond donors (Lipinski definition) is 1. The summed E-state index contributed by atoms with van der Waals surface area (Å²) in [4.78, 5) is 11.0. The summed E-state index contributed by atoms with van der Waals surface area (Å²) < 4.78 is 1.98. The van der Waals surface area contributed by atoms with Gasteiger partial charge in [0.2, 0.25) is 0 Å². The highest BCUT2D eigenvalue weighted by Gasteiger charge is 2.12. The minimum atomic E-state index is -0.868. The Morgan fingerprint density at radius 2 is 1.78 bits per heavy atom. The van der Waals surface area contributed by atoms with Crippen LogP contribution < -0.4 is 0 Å². The lowest BCUT2D eigenvalue weighted by Crippen LogP contribution is -2.06. The number of aromatic carboxylic acids is 1. The Morgan fingerprint density at radius 1 is 1.17 bits per heavy atom. The molecular formula is C15H17NO2. The fourth-order valence-corrected chi connectivity index (χ4v) is 2.22. The van der Waals surface area contributed by atoms with Gasteiger partial charge in [-0.15, -0.1) is 0 Å². The molecule has 0 bridgehead atoms.